The average molecular weight is 549 g/mol. The van der Waals surface area contributed by atoms with Crippen LogP contribution in [0, 0.1) is 0 Å². The molecule has 0 bridgehead atoms. The molecule has 0 fully saturated rings. The van der Waals surface area contributed by atoms with Crippen molar-refractivity contribution in [3.63, 3.8) is 0 Å². The van der Waals surface area contributed by atoms with Crippen LogP contribution in [0.2, 0.25) is 0 Å². The Balaban J connectivity index is 3.11. The molecule has 0 heterocycles. The molecular formula is C30H60O8. The van der Waals surface area contributed by atoms with Gasteiger partial charge in [-0.05, 0) is 12.8 Å². The van der Waals surface area contributed by atoms with E-state index in [0.717, 1.165) is 25.9 Å². The Morgan fingerprint density at radius 3 is 1.11 bits per heavy atom. The number of carbonyl (C=O) groups is 1. The fraction of sp³-hybridized carbons (Fsp3) is 0.967. The molecule has 0 aliphatic carbocycles. The molecule has 0 aromatic rings. The van der Waals surface area contributed by atoms with Crippen molar-refractivity contribution in [3.8, 4) is 0 Å². The third kappa shape index (κ3) is 33.3. The van der Waals surface area contributed by atoms with Crippen molar-refractivity contribution in [1.82, 2.24) is 0 Å². The zero-order chi connectivity index (χ0) is 27.6. The lowest BCUT2D eigenvalue weighted by atomic mass is 10.1. The van der Waals surface area contributed by atoms with Crippen molar-refractivity contribution in [2.75, 3.05) is 85.9 Å². The summed E-state index contributed by atoms with van der Waals surface area (Å²) in [5, 5.41) is 0. The second-order valence-corrected chi connectivity index (χ2v) is 9.53. The number of esters is 1. The van der Waals surface area contributed by atoms with Crippen LogP contribution in [0.3, 0.4) is 0 Å². The van der Waals surface area contributed by atoms with E-state index in [1.165, 1.54) is 64.2 Å². The monoisotopic (exact) mass is 548 g/mol. The van der Waals surface area contributed by atoms with E-state index in [1.54, 1.807) is 0 Å². The molecule has 38 heavy (non-hydrogen) atoms. The standard InChI is InChI=1S/C30H60O8/c1-3-5-7-9-10-11-12-13-14-16-30(31)38-29-28-37-27-26-36-25-24-35-23-22-34-21-20-33-19-18-32-17-15-8-6-4-2/h3-29H2,1-2H3. The quantitative estimate of drug-likeness (QED) is 0.0716. The van der Waals surface area contributed by atoms with E-state index in [4.69, 9.17) is 33.2 Å². The zero-order valence-corrected chi connectivity index (χ0v) is 24.9. The Morgan fingerprint density at radius 1 is 0.368 bits per heavy atom. The molecule has 0 unspecified atom stereocenters. The van der Waals surface area contributed by atoms with Crippen molar-refractivity contribution in [2.24, 2.45) is 0 Å². The minimum absolute atomic E-state index is 0.125. The van der Waals surface area contributed by atoms with Gasteiger partial charge in [-0.15, -0.1) is 0 Å². The highest BCUT2D eigenvalue weighted by molar-refractivity contribution is 5.69. The van der Waals surface area contributed by atoms with Crippen LogP contribution in [0.1, 0.15) is 104 Å². The van der Waals surface area contributed by atoms with E-state index in [1.807, 2.05) is 0 Å². The lowest BCUT2D eigenvalue weighted by Gasteiger charge is -2.08. The van der Waals surface area contributed by atoms with Crippen LogP contribution in [0.5, 0.6) is 0 Å². The molecule has 0 aromatic heterocycles. The van der Waals surface area contributed by atoms with Crippen molar-refractivity contribution < 1.29 is 38.0 Å². The Morgan fingerprint density at radius 2 is 0.684 bits per heavy atom. The SMILES string of the molecule is CCCCCCCCCCCC(=O)OCCOCCOCCOCCOCCOCCOCCCCCC. The van der Waals surface area contributed by atoms with Crippen LogP contribution in [0.25, 0.3) is 0 Å². The van der Waals surface area contributed by atoms with E-state index in [-0.39, 0.29) is 5.97 Å². The maximum atomic E-state index is 11.7. The van der Waals surface area contributed by atoms with Crippen molar-refractivity contribution >= 4 is 5.97 Å². The first kappa shape index (κ1) is 37.2. The van der Waals surface area contributed by atoms with E-state index >= 15 is 0 Å². The van der Waals surface area contributed by atoms with E-state index in [9.17, 15) is 4.79 Å². The summed E-state index contributed by atoms with van der Waals surface area (Å²) in [4.78, 5) is 11.7. The molecule has 0 spiro atoms. The fourth-order valence-corrected chi connectivity index (χ4v) is 3.70. The van der Waals surface area contributed by atoms with Crippen LogP contribution in [-0.4, -0.2) is 91.9 Å². The number of ether oxygens (including phenoxy) is 7. The molecule has 8 nitrogen and oxygen atoms in total. The number of hydrogen-bond acceptors (Lipinski definition) is 8. The predicted molar refractivity (Wildman–Crippen MR) is 152 cm³/mol. The molecule has 0 saturated heterocycles. The predicted octanol–water partition coefficient (Wildman–Crippen LogP) is 6.13. The maximum Gasteiger partial charge on any atom is 0.305 e. The van der Waals surface area contributed by atoms with Gasteiger partial charge in [0.1, 0.15) is 6.61 Å². The minimum atomic E-state index is -0.125. The second kappa shape index (κ2) is 34.3. The van der Waals surface area contributed by atoms with Gasteiger partial charge in [0.05, 0.1) is 72.7 Å². The summed E-state index contributed by atoms with van der Waals surface area (Å²) in [5.41, 5.74) is 0. The first-order valence-corrected chi connectivity index (χ1v) is 15.4. The van der Waals surface area contributed by atoms with E-state index < -0.39 is 0 Å². The molecule has 0 saturated carbocycles. The topological polar surface area (TPSA) is 81.7 Å². The van der Waals surface area contributed by atoms with E-state index in [0.29, 0.717) is 85.7 Å². The Kier molecular flexibility index (Phi) is 33.6. The number of carbonyl (C=O) groups excluding carboxylic acids is 1. The Bertz CT molecular complexity index is 450. The van der Waals surface area contributed by atoms with Gasteiger partial charge in [-0.1, -0.05) is 84.5 Å². The first-order chi connectivity index (χ1) is 18.8. The Labute approximate surface area is 233 Å². The lowest BCUT2D eigenvalue weighted by Crippen LogP contribution is -2.15. The summed E-state index contributed by atoms with van der Waals surface area (Å²) in [5.74, 6) is -0.125. The van der Waals surface area contributed by atoms with Gasteiger partial charge in [0.2, 0.25) is 0 Å². The highest BCUT2D eigenvalue weighted by Gasteiger charge is 2.02. The minimum Gasteiger partial charge on any atom is -0.463 e. The second-order valence-electron chi connectivity index (χ2n) is 9.53. The molecule has 0 radical (unpaired) electrons. The fourth-order valence-electron chi connectivity index (χ4n) is 3.70. The third-order valence-electron chi connectivity index (χ3n) is 5.98. The molecule has 8 heteroatoms. The van der Waals surface area contributed by atoms with Crippen molar-refractivity contribution in [1.29, 1.82) is 0 Å². The van der Waals surface area contributed by atoms with Crippen LogP contribution in [0.15, 0.2) is 0 Å². The summed E-state index contributed by atoms with van der Waals surface area (Å²) < 4.78 is 38.0. The van der Waals surface area contributed by atoms with Gasteiger partial charge in [0.25, 0.3) is 0 Å². The largest absolute Gasteiger partial charge is 0.463 e. The van der Waals surface area contributed by atoms with Crippen LogP contribution >= 0.6 is 0 Å². The van der Waals surface area contributed by atoms with Crippen molar-refractivity contribution in [2.45, 2.75) is 104 Å². The summed E-state index contributed by atoms with van der Waals surface area (Å²) in [7, 11) is 0. The lowest BCUT2D eigenvalue weighted by molar-refractivity contribution is -0.145. The van der Waals surface area contributed by atoms with Gasteiger partial charge in [-0.2, -0.15) is 0 Å². The van der Waals surface area contributed by atoms with E-state index in [2.05, 4.69) is 13.8 Å². The number of rotatable bonds is 33. The molecule has 0 N–H and O–H groups in total. The summed E-state index contributed by atoms with van der Waals surface area (Å²) in [6, 6.07) is 0. The molecule has 0 aliphatic heterocycles. The molecule has 0 rings (SSSR count). The van der Waals surface area contributed by atoms with Gasteiger partial charge in [0.15, 0.2) is 0 Å². The molecule has 0 aromatic carbocycles. The van der Waals surface area contributed by atoms with Crippen LogP contribution in [0.4, 0.5) is 0 Å². The number of hydrogen-bond donors (Lipinski definition) is 0. The number of unbranched alkanes of at least 4 members (excludes halogenated alkanes) is 11. The van der Waals surface area contributed by atoms with Crippen LogP contribution in [-0.2, 0) is 38.0 Å². The molecule has 0 aliphatic rings. The van der Waals surface area contributed by atoms with Crippen LogP contribution < -0.4 is 0 Å². The highest BCUT2D eigenvalue weighted by atomic mass is 16.6. The zero-order valence-electron chi connectivity index (χ0n) is 24.9. The van der Waals surface area contributed by atoms with Gasteiger partial charge < -0.3 is 33.2 Å². The van der Waals surface area contributed by atoms with Gasteiger partial charge in [-0.3, -0.25) is 4.79 Å². The summed E-state index contributed by atoms with van der Waals surface area (Å²) in [6.07, 6.45) is 16.6. The smallest absolute Gasteiger partial charge is 0.305 e. The third-order valence-corrected chi connectivity index (χ3v) is 5.98. The molecular weight excluding hydrogens is 488 g/mol. The first-order valence-electron chi connectivity index (χ1n) is 15.4. The highest BCUT2D eigenvalue weighted by Crippen LogP contribution is 2.10. The molecule has 228 valence electrons. The van der Waals surface area contributed by atoms with Crippen molar-refractivity contribution in [3.05, 3.63) is 0 Å². The van der Waals surface area contributed by atoms with Gasteiger partial charge in [0, 0.05) is 13.0 Å². The maximum absolute atomic E-state index is 11.7. The summed E-state index contributed by atoms with van der Waals surface area (Å²) in [6.45, 7) is 11.4. The van der Waals surface area contributed by atoms with Gasteiger partial charge in [-0.25, -0.2) is 0 Å². The normalized spacial score (nSPS) is 11.3. The van der Waals surface area contributed by atoms with Gasteiger partial charge >= 0.3 is 5.97 Å². The Hall–Kier alpha value is -0.770. The average Bonchev–Trinajstić information content (AvgIpc) is 2.92. The summed E-state index contributed by atoms with van der Waals surface area (Å²) >= 11 is 0. The molecule has 0 amide bonds. The molecule has 0 atom stereocenters.